The first kappa shape index (κ1) is 22.1. The summed E-state index contributed by atoms with van der Waals surface area (Å²) in [5, 5.41) is 30.9. The Morgan fingerprint density at radius 1 is 0.710 bits per heavy atom. The third-order valence-electron chi connectivity index (χ3n) is 5.65. The van der Waals surface area contributed by atoms with Crippen LogP contribution in [0.15, 0.2) is 91.0 Å². The van der Waals surface area contributed by atoms with E-state index < -0.39 is 35.0 Å². The molecule has 5 atom stereocenters. The second kappa shape index (κ2) is 9.61. The summed E-state index contributed by atoms with van der Waals surface area (Å²) in [7, 11) is 0. The Morgan fingerprint density at radius 3 is 1.55 bits per heavy atom. The summed E-state index contributed by atoms with van der Waals surface area (Å²) >= 11 is 3.16. The zero-order chi connectivity index (χ0) is 21.8. The van der Waals surface area contributed by atoms with E-state index in [1.807, 2.05) is 91.0 Å². The molecule has 3 aromatic rings. The van der Waals surface area contributed by atoms with Gasteiger partial charge >= 0.3 is 0 Å². The van der Waals surface area contributed by atoms with Gasteiger partial charge in [-0.15, -0.1) is 0 Å². The molecule has 3 N–H and O–H groups in total. The molecule has 0 aromatic heterocycles. The predicted octanol–water partition coefficient (Wildman–Crippen LogP) is 3.20. The van der Waals surface area contributed by atoms with Gasteiger partial charge in [0.25, 0.3) is 0 Å². The Morgan fingerprint density at radius 2 is 1.13 bits per heavy atom. The summed E-state index contributed by atoms with van der Waals surface area (Å²) < 4.78 is 12.2. The van der Waals surface area contributed by atoms with Crippen LogP contribution in [0.25, 0.3) is 0 Å². The number of ether oxygens (including phenoxy) is 2. The zero-order valence-corrected chi connectivity index (χ0v) is 18.4. The van der Waals surface area contributed by atoms with Crippen molar-refractivity contribution in [2.24, 2.45) is 0 Å². The van der Waals surface area contributed by atoms with Crippen molar-refractivity contribution in [1.29, 1.82) is 0 Å². The Labute approximate surface area is 190 Å². The van der Waals surface area contributed by atoms with Gasteiger partial charge in [0.1, 0.15) is 17.8 Å². The number of alkyl halides is 1. The van der Waals surface area contributed by atoms with Gasteiger partial charge in [0, 0.05) is 0 Å². The molecule has 0 saturated carbocycles. The maximum Gasteiger partial charge on any atom is 0.170 e. The van der Waals surface area contributed by atoms with Gasteiger partial charge < -0.3 is 24.8 Å². The van der Waals surface area contributed by atoms with Crippen molar-refractivity contribution < 1.29 is 24.8 Å². The van der Waals surface area contributed by atoms with Crippen LogP contribution in [0.2, 0.25) is 0 Å². The molecule has 0 radical (unpaired) electrons. The lowest BCUT2D eigenvalue weighted by Crippen LogP contribution is -2.57. The highest BCUT2D eigenvalue weighted by molar-refractivity contribution is 9.09. The second-order valence-electron chi connectivity index (χ2n) is 7.58. The number of aliphatic hydroxyl groups is 3. The van der Waals surface area contributed by atoms with E-state index in [1.54, 1.807) is 0 Å². The molecule has 1 aliphatic rings. The van der Waals surface area contributed by atoms with Crippen molar-refractivity contribution in [2.45, 2.75) is 35.0 Å². The SMILES string of the molecule is OC1OC(COC(c2ccccc2)(c2ccccc2)c2ccccc2)C(O)C(O)C1Br. The first-order valence-corrected chi connectivity index (χ1v) is 11.1. The monoisotopic (exact) mass is 484 g/mol. The molecule has 5 unspecified atom stereocenters. The topological polar surface area (TPSA) is 79.2 Å². The summed E-state index contributed by atoms with van der Waals surface area (Å²) in [5.41, 5.74) is 1.76. The largest absolute Gasteiger partial charge is 0.389 e. The molecule has 0 spiro atoms. The van der Waals surface area contributed by atoms with Crippen molar-refractivity contribution in [3.63, 3.8) is 0 Å². The highest BCUT2D eigenvalue weighted by atomic mass is 79.9. The van der Waals surface area contributed by atoms with Crippen LogP contribution >= 0.6 is 15.9 Å². The fraction of sp³-hybridized carbons (Fsp3) is 0.280. The molecule has 162 valence electrons. The first-order chi connectivity index (χ1) is 15.0. The number of hydrogen-bond donors (Lipinski definition) is 3. The van der Waals surface area contributed by atoms with Crippen molar-refractivity contribution in [3.8, 4) is 0 Å². The highest BCUT2D eigenvalue weighted by Gasteiger charge is 2.45. The van der Waals surface area contributed by atoms with Crippen molar-refractivity contribution in [1.82, 2.24) is 0 Å². The molecule has 1 saturated heterocycles. The number of hydrogen-bond acceptors (Lipinski definition) is 5. The molecule has 3 aromatic carbocycles. The van der Waals surface area contributed by atoms with Gasteiger partial charge in [-0.05, 0) is 16.7 Å². The average Bonchev–Trinajstić information content (AvgIpc) is 2.83. The molecular weight excluding hydrogens is 460 g/mol. The van der Waals surface area contributed by atoms with E-state index in [0.29, 0.717) is 0 Å². The van der Waals surface area contributed by atoms with Gasteiger partial charge in [-0.2, -0.15) is 0 Å². The molecule has 5 nitrogen and oxygen atoms in total. The van der Waals surface area contributed by atoms with Gasteiger partial charge in [0.2, 0.25) is 0 Å². The predicted molar refractivity (Wildman–Crippen MR) is 121 cm³/mol. The van der Waals surface area contributed by atoms with Crippen LogP contribution in [0.5, 0.6) is 0 Å². The van der Waals surface area contributed by atoms with Crippen LogP contribution < -0.4 is 0 Å². The summed E-state index contributed by atoms with van der Waals surface area (Å²) in [5.74, 6) is 0. The number of rotatable bonds is 6. The smallest absolute Gasteiger partial charge is 0.170 e. The standard InChI is InChI=1S/C25H25BrO5/c26-21-23(28)22(27)20(31-24(21)29)16-30-25(17-10-4-1-5-11-17,18-12-6-2-7-13-18)19-14-8-3-9-15-19/h1-15,20-24,27-29H,16H2. The highest BCUT2D eigenvalue weighted by Crippen LogP contribution is 2.41. The minimum absolute atomic E-state index is 0.0479. The normalized spacial score (nSPS) is 26.5. The first-order valence-electron chi connectivity index (χ1n) is 10.2. The molecule has 0 bridgehead atoms. The number of aliphatic hydroxyl groups excluding tert-OH is 3. The fourth-order valence-electron chi connectivity index (χ4n) is 4.03. The van der Waals surface area contributed by atoms with Gasteiger partial charge in [-0.25, -0.2) is 0 Å². The molecule has 6 heteroatoms. The molecule has 1 heterocycles. The van der Waals surface area contributed by atoms with Crippen molar-refractivity contribution >= 4 is 15.9 Å². The van der Waals surface area contributed by atoms with Crippen molar-refractivity contribution in [2.75, 3.05) is 6.61 Å². The molecule has 1 fully saturated rings. The van der Waals surface area contributed by atoms with Crippen molar-refractivity contribution in [3.05, 3.63) is 108 Å². The van der Waals surface area contributed by atoms with Gasteiger partial charge in [0.05, 0.1) is 17.5 Å². The molecule has 0 amide bonds. The van der Waals surface area contributed by atoms with E-state index in [1.165, 1.54) is 0 Å². The molecule has 4 rings (SSSR count). The zero-order valence-electron chi connectivity index (χ0n) is 16.8. The van der Waals surface area contributed by atoms with Crippen LogP contribution in [0.1, 0.15) is 16.7 Å². The van der Waals surface area contributed by atoms with E-state index in [0.717, 1.165) is 16.7 Å². The maximum absolute atomic E-state index is 10.5. The van der Waals surface area contributed by atoms with Crippen LogP contribution in [0, 0.1) is 0 Å². The third kappa shape index (κ3) is 4.32. The molecule has 0 aliphatic carbocycles. The Bertz CT molecular complexity index is 857. The van der Waals surface area contributed by atoms with E-state index in [-0.39, 0.29) is 6.61 Å². The Balaban J connectivity index is 1.78. The van der Waals surface area contributed by atoms with Crippen LogP contribution in [0.3, 0.4) is 0 Å². The van der Waals surface area contributed by atoms with Gasteiger partial charge in [-0.1, -0.05) is 107 Å². The lowest BCUT2D eigenvalue weighted by atomic mass is 9.80. The number of benzene rings is 3. The second-order valence-corrected chi connectivity index (χ2v) is 8.64. The summed E-state index contributed by atoms with van der Waals surface area (Å²) in [6.45, 7) is -0.0479. The Hall–Kier alpha value is -2.06. The minimum Gasteiger partial charge on any atom is -0.389 e. The fourth-order valence-corrected chi connectivity index (χ4v) is 4.46. The van der Waals surface area contributed by atoms with Gasteiger partial charge in [-0.3, -0.25) is 0 Å². The third-order valence-corrected chi connectivity index (χ3v) is 6.64. The van der Waals surface area contributed by atoms with E-state index in [2.05, 4.69) is 15.9 Å². The molecule has 31 heavy (non-hydrogen) atoms. The van der Waals surface area contributed by atoms with Gasteiger partial charge in [0.15, 0.2) is 6.29 Å². The van der Waals surface area contributed by atoms with E-state index in [4.69, 9.17) is 9.47 Å². The minimum atomic E-state index is -1.26. The molecule has 1 aliphatic heterocycles. The quantitative estimate of drug-likeness (QED) is 0.369. The average molecular weight is 485 g/mol. The van der Waals surface area contributed by atoms with Crippen LogP contribution in [-0.4, -0.2) is 51.4 Å². The summed E-state index contributed by atoms with van der Waals surface area (Å²) in [4.78, 5) is -0.777. The van der Waals surface area contributed by atoms with E-state index >= 15 is 0 Å². The summed E-state index contributed by atoms with van der Waals surface area (Å²) in [6, 6.07) is 29.5. The maximum atomic E-state index is 10.5. The van der Waals surface area contributed by atoms with E-state index in [9.17, 15) is 15.3 Å². The van der Waals surface area contributed by atoms with Crippen LogP contribution in [0.4, 0.5) is 0 Å². The van der Waals surface area contributed by atoms with Crippen LogP contribution in [-0.2, 0) is 15.1 Å². The lowest BCUT2D eigenvalue weighted by Gasteiger charge is -2.41. The summed E-state index contributed by atoms with van der Waals surface area (Å²) in [6.07, 6.45) is -4.56. The number of halogens is 1. The lowest BCUT2D eigenvalue weighted by molar-refractivity contribution is -0.242. The Kier molecular flexibility index (Phi) is 6.86. The molecular formula is C25H25BrO5.